The first kappa shape index (κ1) is 17.2. The summed E-state index contributed by atoms with van der Waals surface area (Å²) in [6.07, 6.45) is 5.76. The molecule has 1 saturated heterocycles. The van der Waals surface area contributed by atoms with E-state index in [-0.39, 0.29) is 6.04 Å². The van der Waals surface area contributed by atoms with Gasteiger partial charge in [-0.25, -0.2) is 0 Å². The molecule has 130 valence electrons. The minimum Gasteiger partial charge on any atom is -0.489 e. The number of rotatable bonds is 7. The average Bonchev–Trinajstić information content (AvgIpc) is 3.11. The SMILES string of the molecule is O=C(O)[C@H]1CCCN1C/C=C/c1ccc(OCc2ccccc2)cc1. The maximum Gasteiger partial charge on any atom is 0.320 e. The largest absolute Gasteiger partial charge is 0.489 e. The maximum atomic E-state index is 11.2. The Morgan fingerprint density at radius 1 is 1.16 bits per heavy atom. The highest BCUT2D eigenvalue weighted by molar-refractivity contribution is 5.73. The van der Waals surface area contributed by atoms with E-state index in [9.17, 15) is 9.90 Å². The predicted molar refractivity (Wildman–Crippen MR) is 98.5 cm³/mol. The summed E-state index contributed by atoms with van der Waals surface area (Å²) in [4.78, 5) is 13.2. The first-order chi connectivity index (χ1) is 12.2. The normalized spacial score (nSPS) is 17.8. The van der Waals surface area contributed by atoms with Crippen molar-refractivity contribution in [2.24, 2.45) is 0 Å². The lowest BCUT2D eigenvalue weighted by Crippen LogP contribution is -2.35. The molecule has 1 N–H and O–H groups in total. The van der Waals surface area contributed by atoms with Crippen molar-refractivity contribution in [1.29, 1.82) is 0 Å². The first-order valence-electron chi connectivity index (χ1n) is 8.62. The van der Waals surface area contributed by atoms with Crippen molar-refractivity contribution < 1.29 is 14.6 Å². The van der Waals surface area contributed by atoms with Crippen LogP contribution in [0.3, 0.4) is 0 Å². The van der Waals surface area contributed by atoms with Gasteiger partial charge in [-0.1, -0.05) is 54.6 Å². The maximum absolute atomic E-state index is 11.2. The van der Waals surface area contributed by atoms with E-state index in [1.54, 1.807) is 0 Å². The molecule has 3 rings (SSSR count). The zero-order valence-corrected chi connectivity index (χ0v) is 14.2. The van der Waals surface area contributed by atoms with Crippen LogP contribution in [0.5, 0.6) is 5.75 Å². The zero-order chi connectivity index (χ0) is 17.5. The predicted octanol–water partition coefficient (Wildman–Crippen LogP) is 3.83. The number of carboxylic acids is 1. The number of likely N-dealkylation sites (tertiary alicyclic amines) is 1. The summed E-state index contributed by atoms with van der Waals surface area (Å²) in [5.74, 6) is 0.123. The standard InChI is InChI=1S/C21H23NO3/c23-21(24)20-9-5-15-22(20)14-4-8-17-10-12-19(13-11-17)25-16-18-6-2-1-3-7-18/h1-4,6-8,10-13,20H,5,9,14-16H2,(H,23,24)/b8-4+/t20-/m1/s1. The highest BCUT2D eigenvalue weighted by atomic mass is 16.5. The summed E-state index contributed by atoms with van der Waals surface area (Å²) in [6, 6.07) is 17.7. The van der Waals surface area contributed by atoms with Gasteiger partial charge >= 0.3 is 5.97 Å². The fourth-order valence-electron chi connectivity index (χ4n) is 3.06. The highest BCUT2D eigenvalue weighted by Crippen LogP contribution is 2.18. The van der Waals surface area contributed by atoms with Gasteiger partial charge in [0.25, 0.3) is 0 Å². The smallest absolute Gasteiger partial charge is 0.320 e. The Hall–Kier alpha value is -2.59. The van der Waals surface area contributed by atoms with Crippen LogP contribution in [-0.2, 0) is 11.4 Å². The Balaban J connectivity index is 1.49. The molecule has 4 heteroatoms. The number of benzene rings is 2. The van der Waals surface area contributed by atoms with Gasteiger partial charge < -0.3 is 9.84 Å². The Morgan fingerprint density at radius 2 is 1.92 bits per heavy atom. The minimum atomic E-state index is -0.717. The molecule has 0 radical (unpaired) electrons. The Bertz CT molecular complexity index is 710. The third-order valence-corrected chi connectivity index (χ3v) is 4.43. The van der Waals surface area contributed by atoms with Crippen molar-refractivity contribution in [1.82, 2.24) is 4.90 Å². The van der Waals surface area contributed by atoms with Crippen LogP contribution in [0.4, 0.5) is 0 Å². The van der Waals surface area contributed by atoms with Crippen molar-refractivity contribution in [3.05, 3.63) is 71.8 Å². The van der Waals surface area contributed by atoms with Crippen LogP contribution < -0.4 is 4.74 Å². The van der Waals surface area contributed by atoms with Gasteiger partial charge in [0.1, 0.15) is 18.4 Å². The topological polar surface area (TPSA) is 49.8 Å². The summed E-state index contributed by atoms with van der Waals surface area (Å²) in [6.45, 7) is 2.08. The van der Waals surface area contributed by atoms with Gasteiger partial charge in [0, 0.05) is 6.54 Å². The van der Waals surface area contributed by atoms with Crippen LogP contribution >= 0.6 is 0 Å². The van der Waals surface area contributed by atoms with Crippen molar-refractivity contribution in [3.63, 3.8) is 0 Å². The van der Waals surface area contributed by atoms with E-state index in [0.29, 0.717) is 13.2 Å². The summed E-state index contributed by atoms with van der Waals surface area (Å²) in [5, 5.41) is 9.18. The van der Waals surface area contributed by atoms with Crippen LogP contribution in [-0.4, -0.2) is 35.1 Å². The Labute approximate surface area is 148 Å². The molecular weight excluding hydrogens is 314 g/mol. The van der Waals surface area contributed by atoms with E-state index in [0.717, 1.165) is 36.3 Å². The van der Waals surface area contributed by atoms with Gasteiger partial charge in [0.15, 0.2) is 0 Å². The molecule has 4 nitrogen and oxygen atoms in total. The Kier molecular flexibility index (Phi) is 5.86. The van der Waals surface area contributed by atoms with Crippen molar-refractivity contribution in [2.75, 3.05) is 13.1 Å². The van der Waals surface area contributed by atoms with Gasteiger partial charge in [-0.05, 0) is 42.6 Å². The van der Waals surface area contributed by atoms with Crippen molar-refractivity contribution >= 4 is 12.0 Å². The van der Waals surface area contributed by atoms with Crippen LogP contribution in [0, 0.1) is 0 Å². The molecule has 1 aliphatic rings. The van der Waals surface area contributed by atoms with E-state index < -0.39 is 5.97 Å². The number of ether oxygens (including phenoxy) is 1. The number of hydrogen-bond acceptors (Lipinski definition) is 3. The summed E-state index contributed by atoms with van der Waals surface area (Å²) in [7, 11) is 0. The molecule has 25 heavy (non-hydrogen) atoms. The fraction of sp³-hybridized carbons (Fsp3) is 0.286. The highest BCUT2D eigenvalue weighted by Gasteiger charge is 2.29. The monoisotopic (exact) mass is 337 g/mol. The number of hydrogen-bond donors (Lipinski definition) is 1. The van der Waals surface area contributed by atoms with Crippen molar-refractivity contribution in [2.45, 2.75) is 25.5 Å². The third-order valence-electron chi connectivity index (χ3n) is 4.43. The van der Waals surface area contributed by atoms with E-state index in [1.807, 2.05) is 71.6 Å². The lowest BCUT2D eigenvalue weighted by atomic mass is 10.2. The molecule has 1 fully saturated rings. The summed E-state index contributed by atoms with van der Waals surface area (Å²) >= 11 is 0. The van der Waals surface area contributed by atoms with Gasteiger partial charge in [0.2, 0.25) is 0 Å². The lowest BCUT2D eigenvalue weighted by Gasteiger charge is -2.18. The van der Waals surface area contributed by atoms with Gasteiger partial charge in [0.05, 0.1) is 0 Å². The molecule has 1 atom stereocenters. The van der Waals surface area contributed by atoms with E-state index >= 15 is 0 Å². The minimum absolute atomic E-state index is 0.335. The van der Waals surface area contributed by atoms with Gasteiger partial charge in [-0.2, -0.15) is 0 Å². The molecular formula is C21H23NO3. The molecule has 0 aliphatic carbocycles. The summed E-state index contributed by atoms with van der Waals surface area (Å²) in [5.41, 5.74) is 2.23. The second-order valence-corrected chi connectivity index (χ2v) is 6.24. The molecule has 0 aromatic heterocycles. The molecule has 0 unspecified atom stereocenters. The third kappa shape index (κ3) is 4.94. The second kappa shape index (κ2) is 8.49. The molecule has 0 spiro atoms. The molecule has 1 aliphatic heterocycles. The first-order valence-corrected chi connectivity index (χ1v) is 8.62. The molecule has 2 aromatic rings. The van der Waals surface area contributed by atoms with E-state index in [4.69, 9.17) is 4.74 Å². The number of carboxylic acid groups (broad SMARTS) is 1. The fourth-order valence-corrected chi connectivity index (χ4v) is 3.06. The molecule has 0 amide bonds. The van der Waals surface area contributed by atoms with Crippen LogP contribution in [0.15, 0.2) is 60.7 Å². The molecule has 0 bridgehead atoms. The zero-order valence-electron chi connectivity index (χ0n) is 14.2. The van der Waals surface area contributed by atoms with Gasteiger partial charge in [-0.3, -0.25) is 9.69 Å². The van der Waals surface area contributed by atoms with Gasteiger partial charge in [-0.15, -0.1) is 0 Å². The number of carbonyl (C=O) groups is 1. The Morgan fingerprint density at radius 3 is 2.64 bits per heavy atom. The summed E-state index contributed by atoms with van der Waals surface area (Å²) < 4.78 is 5.78. The van der Waals surface area contributed by atoms with E-state index in [1.165, 1.54) is 0 Å². The number of nitrogens with zero attached hydrogens (tertiary/aromatic N) is 1. The molecule has 0 saturated carbocycles. The van der Waals surface area contributed by atoms with Crippen molar-refractivity contribution in [3.8, 4) is 5.75 Å². The number of aliphatic carboxylic acids is 1. The molecule has 2 aromatic carbocycles. The lowest BCUT2D eigenvalue weighted by molar-refractivity contribution is -0.141. The quantitative estimate of drug-likeness (QED) is 0.834. The average molecular weight is 337 g/mol. The molecule has 1 heterocycles. The second-order valence-electron chi connectivity index (χ2n) is 6.24. The van der Waals surface area contributed by atoms with E-state index in [2.05, 4.69) is 0 Å². The van der Waals surface area contributed by atoms with Crippen LogP contribution in [0.25, 0.3) is 6.08 Å². The van der Waals surface area contributed by atoms with Crippen LogP contribution in [0.2, 0.25) is 0 Å². The van der Waals surface area contributed by atoms with Crippen LogP contribution in [0.1, 0.15) is 24.0 Å².